The summed E-state index contributed by atoms with van der Waals surface area (Å²) >= 11 is 0. The lowest BCUT2D eigenvalue weighted by molar-refractivity contribution is 0.229. The van der Waals surface area contributed by atoms with E-state index in [-0.39, 0.29) is 12.2 Å². The topological polar surface area (TPSA) is 53.7 Å². The smallest absolute Gasteiger partial charge is 0.336 e. The Hall–Kier alpha value is -1.65. The Morgan fingerprint density at radius 1 is 1.26 bits per heavy atom. The molecule has 0 amide bonds. The Balaban J connectivity index is 1.92. The SMILES string of the molecule is Cc1ccc2c(CN(CCCCO)C3CC3)cc(=O)oc2c1C. The van der Waals surface area contributed by atoms with Gasteiger partial charge in [-0.3, -0.25) is 4.90 Å². The Morgan fingerprint density at radius 2 is 2.04 bits per heavy atom. The molecule has 1 aliphatic carbocycles. The molecule has 2 aromatic rings. The molecule has 0 bridgehead atoms. The molecule has 3 rings (SSSR count). The molecule has 1 aromatic heterocycles. The quantitative estimate of drug-likeness (QED) is 0.630. The number of benzene rings is 1. The van der Waals surface area contributed by atoms with E-state index in [0.717, 1.165) is 53.6 Å². The lowest BCUT2D eigenvalue weighted by Gasteiger charge is -2.22. The molecule has 0 radical (unpaired) electrons. The summed E-state index contributed by atoms with van der Waals surface area (Å²) in [5.74, 6) is 0. The number of fused-ring (bicyclic) bond motifs is 1. The number of nitrogens with zero attached hydrogens (tertiary/aromatic N) is 1. The van der Waals surface area contributed by atoms with Gasteiger partial charge in [0.05, 0.1) is 0 Å². The van der Waals surface area contributed by atoms with Crippen LogP contribution >= 0.6 is 0 Å². The number of rotatable bonds is 7. The van der Waals surface area contributed by atoms with Crippen molar-refractivity contribution in [3.05, 3.63) is 45.3 Å². The van der Waals surface area contributed by atoms with Gasteiger partial charge in [-0.1, -0.05) is 12.1 Å². The van der Waals surface area contributed by atoms with Gasteiger partial charge in [-0.25, -0.2) is 4.79 Å². The third-order valence-electron chi connectivity index (χ3n) is 4.81. The predicted molar refractivity (Wildman–Crippen MR) is 91.7 cm³/mol. The van der Waals surface area contributed by atoms with Gasteiger partial charge < -0.3 is 9.52 Å². The molecule has 1 saturated carbocycles. The third kappa shape index (κ3) is 3.65. The van der Waals surface area contributed by atoms with Crippen LogP contribution in [0.3, 0.4) is 0 Å². The molecule has 1 fully saturated rings. The molecule has 1 aromatic carbocycles. The van der Waals surface area contributed by atoms with Gasteiger partial charge >= 0.3 is 5.63 Å². The molecule has 0 saturated heterocycles. The van der Waals surface area contributed by atoms with Crippen molar-refractivity contribution in [3.63, 3.8) is 0 Å². The molecule has 1 heterocycles. The first-order valence-electron chi connectivity index (χ1n) is 8.48. The minimum Gasteiger partial charge on any atom is -0.422 e. The van der Waals surface area contributed by atoms with Crippen molar-refractivity contribution in [1.29, 1.82) is 0 Å². The van der Waals surface area contributed by atoms with E-state index in [0.29, 0.717) is 6.04 Å². The fourth-order valence-electron chi connectivity index (χ4n) is 3.13. The maximum Gasteiger partial charge on any atom is 0.336 e. The number of aliphatic hydroxyl groups is 1. The number of aryl methyl sites for hydroxylation is 2. The normalized spacial score (nSPS) is 14.8. The van der Waals surface area contributed by atoms with E-state index in [1.54, 1.807) is 6.07 Å². The maximum atomic E-state index is 12.0. The summed E-state index contributed by atoms with van der Waals surface area (Å²) in [5, 5.41) is 10.0. The van der Waals surface area contributed by atoms with Gasteiger partial charge in [0.15, 0.2) is 0 Å². The number of aliphatic hydroxyl groups excluding tert-OH is 1. The predicted octanol–water partition coefficient (Wildman–Crippen LogP) is 3.15. The van der Waals surface area contributed by atoms with Crippen molar-refractivity contribution in [2.75, 3.05) is 13.2 Å². The molecule has 0 atom stereocenters. The highest BCUT2D eigenvalue weighted by Gasteiger charge is 2.29. The number of unbranched alkanes of at least 4 members (excludes halogenated alkanes) is 1. The van der Waals surface area contributed by atoms with Crippen molar-refractivity contribution in [2.45, 2.75) is 52.1 Å². The second-order valence-corrected chi connectivity index (χ2v) is 6.61. The zero-order valence-electron chi connectivity index (χ0n) is 14.0. The Bertz CT molecular complexity index is 746. The van der Waals surface area contributed by atoms with E-state index in [1.165, 1.54) is 12.8 Å². The third-order valence-corrected chi connectivity index (χ3v) is 4.81. The molecule has 1 aliphatic rings. The summed E-state index contributed by atoms with van der Waals surface area (Å²) < 4.78 is 5.46. The highest BCUT2D eigenvalue weighted by molar-refractivity contribution is 5.83. The van der Waals surface area contributed by atoms with Crippen LogP contribution in [-0.4, -0.2) is 29.2 Å². The van der Waals surface area contributed by atoms with E-state index >= 15 is 0 Å². The fraction of sp³-hybridized carbons (Fsp3) is 0.526. The molecule has 1 N–H and O–H groups in total. The first-order valence-corrected chi connectivity index (χ1v) is 8.48. The largest absolute Gasteiger partial charge is 0.422 e. The van der Waals surface area contributed by atoms with Gasteiger partial charge in [0.1, 0.15) is 5.58 Å². The molecular formula is C19H25NO3. The van der Waals surface area contributed by atoms with Gasteiger partial charge in [-0.05, 0) is 62.8 Å². The monoisotopic (exact) mass is 315 g/mol. The minimum atomic E-state index is -0.271. The first kappa shape index (κ1) is 16.2. The highest BCUT2D eigenvalue weighted by Crippen LogP contribution is 2.30. The molecule has 4 heteroatoms. The number of hydrogen-bond donors (Lipinski definition) is 1. The Labute approximate surface area is 136 Å². The van der Waals surface area contributed by atoms with E-state index in [2.05, 4.69) is 17.0 Å². The summed E-state index contributed by atoms with van der Waals surface area (Å²) in [5.41, 5.74) is 3.68. The minimum absolute atomic E-state index is 0.245. The molecular weight excluding hydrogens is 290 g/mol. The van der Waals surface area contributed by atoms with E-state index < -0.39 is 0 Å². The van der Waals surface area contributed by atoms with Crippen molar-refractivity contribution in [1.82, 2.24) is 4.90 Å². The molecule has 0 spiro atoms. The van der Waals surface area contributed by atoms with Crippen LogP contribution < -0.4 is 5.63 Å². The van der Waals surface area contributed by atoms with Gasteiger partial charge in [-0.2, -0.15) is 0 Å². The lowest BCUT2D eigenvalue weighted by atomic mass is 10.0. The van der Waals surface area contributed by atoms with E-state index in [4.69, 9.17) is 9.52 Å². The lowest BCUT2D eigenvalue weighted by Crippen LogP contribution is -2.27. The zero-order valence-corrected chi connectivity index (χ0v) is 14.0. The van der Waals surface area contributed by atoms with Crippen LogP contribution in [0, 0.1) is 13.8 Å². The van der Waals surface area contributed by atoms with Gasteiger partial charge in [0, 0.05) is 30.6 Å². The summed E-state index contributed by atoms with van der Waals surface area (Å²) in [6.07, 6.45) is 4.29. The Morgan fingerprint density at radius 3 is 2.74 bits per heavy atom. The van der Waals surface area contributed by atoms with Crippen molar-refractivity contribution < 1.29 is 9.52 Å². The van der Waals surface area contributed by atoms with E-state index in [9.17, 15) is 4.79 Å². The summed E-state index contributed by atoms with van der Waals surface area (Å²) in [6.45, 7) is 6.03. The second-order valence-electron chi connectivity index (χ2n) is 6.61. The van der Waals surface area contributed by atoms with E-state index in [1.807, 2.05) is 13.8 Å². The summed E-state index contributed by atoms with van der Waals surface area (Å²) in [7, 11) is 0. The first-order chi connectivity index (χ1) is 11.1. The average molecular weight is 315 g/mol. The van der Waals surface area contributed by atoms with Crippen LogP contribution in [0.4, 0.5) is 0 Å². The van der Waals surface area contributed by atoms with Crippen molar-refractivity contribution in [2.24, 2.45) is 0 Å². The molecule has 4 nitrogen and oxygen atoms in total. The Kier molecular flexibility index (Phi) is 4.83. The molecule has 0 unspecified atom stereocenters. The second kappa shape index (κ2) is 6.85. The van der Waals surface area contributed by atoms with Crippen molar-refractivity contribution in [3.8, 4) is 0 Å². The molecule has 124 valence electrons. The van der Waals surface area contributed by atoms with Crippen LogP contribution in [0.5, 0.6) is 0 Å². The van der Waals surface area contributed by atoms with Crippen LogP contribution in [-0.2, 0) is 6.54 Å². The van der Waals surface area contributed by atoms with Gasteiger partial charge in [-0.15, -0.1) is 0 Å². The van der Waals surface area contributed by atoms with Crippen LogP contribution in [0.25, 0.3) is 11.0 Å². The molecule has 23 heavy (non-hydrogen) atoms. The molecule has 0 aliphatic heterocycles. The summed E-state index contributed by atoms with van der Waals surface area (Å²) in [4.78, 5) is 14.4. The standard InChI is InChI=1S/C19H25NO3/c1-13-5-8-17-15(11-18(22)23-19(17)14(13)2)12-20(16-6-7-16)9-3-4-10-21/h5,8,11,16,21H,3-4,6-7,9-10,12H2,1-2H3. The number of hydrogen-bond acceptors (Lipinski definition) is 4. The summed E-state index contributed by atoms with van der Waals surface area (Å²) in [6, 6.07) is 6.42. The van der Waals surface area contributed by atoms with Gasteiger partial charge in [0.25, 0.3) is 0 Å². The van der Waals surface area contributed by atoms with Gasteiger partial charge in [0.2, 0.25) is 0 Å². The zero-order chi connectivity index (χ0) is 16.4. The average Bonchev–Trinajstić information content (AvgIpc) is 3.35. The fourth-order valence-corrected chi connectivity index (χ4v) is 3.13. The highest BCUT2D eigenvalue weighted by atomic mass is 16.4. The van der Waals surface area contributed by atoms with Crippen LogP contribution in [0.1, 0.15) is 42.4 Å². The maximum absolute atomic E-state index is 12.0. The van der Waals surface area contributed by atoms with Crippen molar-refractivity contribution >= 4 is 11.0 Å². The van der Waals surface area contributed by atoms with Crippen LogP contribution in [0.15, 0.2) is 27.4 Å². The van der Waals surface area contributed by atoms with Crippen LogP contribution in [0.2, 0.25) is 0 Å².